The first-order chi connectivity index (χ1) is 18.7. The van der Waals surface area contributed by atoms with Crippen LogP contribution in [-0.2, 0) is 11.0 Å². The number of anilines is 3. The van der Waals surface area contributed by atoms with Gasteiger partial charge in [-0.1, -0.05) is 17.7 Å². The first-order valence-corrected chi connectivity index (χ1v) is 12.7. The van der Waals surface area contributed by atoms with Gasteiger partial charge in [0.1, 0.15) is 29.5 Å². The first kappa shape index (κ1) is 28.2. The van der Waals surface area contributed by atoms with E-state index in [9.17, 15) is 18.0 Å². The van der Waals surface area contributed by atoms with Crippen LogP contribution in [-0.4, -0.2) is 40.7 Å². The number of benzene rings is 2. The summed E-state index contributed by atoms with van der Waals surface area (Å²) in [6.45, 7) is 1.16. The molecule has 0 radical (unpaired) electrons. The summed E-state index contributed by atoms with van der Waals surface area (Å²) < 4.78 is 44.6. The molecular weight excluding hydrogens is 535 g/mol. The summed E-state index contributed by atoms with van der Waals surface area (Å²) in [5.41, 5.74) is 0.894. The van der Waals surface area contributed by atoms with Crippen molar-refractivity contribution < 1.29 is 27.8 Å². The smallest absolute Gasteiger partial charge is 0.416 e. The molecule has 0 spiro atoms. The normalized spacial score (nSPS) is 13.0. The van der Waals surface area contributed by atoms with Gasteiger partial charge in [0, 0.05) is 31.0 Å². The summed E-state index contributed by atoms with van der Waals surface area (Å²) in [4.78, 5) is 21.4. The molecule has 8 nitrogen and oxygen atoms in total. The van der Waals surface area contributed by atoms with E-state index in [1.54, 1.807) is 18.2 Å². The number of aliphatic hydroxyl groups excluding tert-OH is 1. The number of carbonyl (C=O) groups is 1. The molecule has 2 aromatic carbocycles. The average Bonchev–Trinajstić information content (AvgIpc) is 3.13. The Kier molecular flexibility index (Phi) is 9.26. The van der Waals surface area contributed by atoms with Gasteiger partial charge in [-0.25, -0.2) is 9.97 Å². The number of carbonyl (C=O) groups excluding carboxylic acids is 1. The molecular formula is C27H27ClF3N5O3. The van der Waals surface area contributed by atoms with Crippen LogP contribution >= 0.6 is 11.6 Å². The standard InChI is InChI=1S/C27H27ClF3N5O3/c28-22-15-19(7-8-23(22)39-20-6-4-5-18(14-20)27(29,30)31)36-25-21-13-17(9-11-32-24(21)34-16-35-25)26(38)33-10-2-1-3-12-37/h4-8,13-16,37H,1-3,9-12H2,(H,33,38)(H2,32,34,35,36). The monoisotopic (exact) mass is 561 g/mol. The van der Waals surface area contributed by atoms with E-state index in [0.29, 0.717) is 54.4 Å². The highest BCUT2D eigenvalue weighted by molar-refractivity contribution is 6.32. The van der Waals surface area contributed by atoms with Crippen molar-refractivity contribution in [2.75, 3.05) is 30.3 Å². The number of alkyl halides is 3. The van der Waals surface area contributed by atoms with Crippen molar-refractivity contribution in [2.45, 2.75) is 31.9 Å². The van der Waals surface area contributed by atoms with Crippen LogP contribution in [0.1, 0.15) is 36.8 Å². The number of aliphatic hydroxyl groups is 1. The number of fused-ring (bicyclic) bond motifs is 1. The topological polar surface area (TPSA) is 108 Å². The Morgan fingerprint density at radius 1 is 1.13 bits per heavy atom. The van der Waals surface area contributed by atoms with E-state index >= 15 is 0 Å². The van der Waals surface area contributed by atoms with Gasteiger partial charge in [0.15, 0.2) is 0 Å². The van der Waals surface area contributed by atoms with E-state index in [1.807, 2.05) is 0 Å². The largest absolute Gasteiger partial charge is 0.456 e. The van der Waals surface area contributed by atoms with Gasteiger partial charge < -0.3 is 25.8 Å². The molecule has 0 saturated heterocycles. The van der Waals surface area contributed by atoms with Crippen LogP contribution in [0.4, 0.5) is 30.5 Å². The van der Waals surface area contributed by atoms with Gasteiger partial charge in [0.25, 0.3) is 0 Å². The number of aromatic nitrogens is 2. The Morgan fingerprint density at radius 2 is 1.97 bits per heavy atom. The lowest BCUT2D eigenvalue weighted by molar-refractivity contribution is -0.137. The van der Waals surface area contributed by atoms with E-state index in [1.165, 1.54) is 24.5 Å². The lowest BCUT2D eigenvalue weighted by Gasteiger charge is -2.14. The predicted molar refractivity (Wildman–Crippen MR) is 143 cm³/mol. The molecule has 4 N–H and O–H groups in total. The van der Waals surface area contributed by atoms with Crippen molar-refractivity contribution in [1.82, 2.24) is 15.3 Å². The van der Waals surface area contributed by atoms with Gasteiger partial charge in [-0.3, -0.25) is 4.79 Å². The number of hydrogen-bond donors (Lipinski definition) is 4. The second-order valence-electron chi connectivity index (χ2n) is 8.77. The molecule has 0 aliphatic carbocycles. The van der Waals surface area contributed by atoms with Crippen molar-refractivity contribution in [2.24, 2.45) is 0 Å². The highest BCUT2D eigenvalue weighted by Gasteiger charge is 2.30. The van der Waals surface area contributed by atoms with Crippen molar-refractivity contribution in [3.63, 3.8) is 0 Å². The predicted octanol–water partition coefficient (Wildman–Crippen LogP) is 6.16. The fourth-order valence-corrected chi connectivity index (χ4v) is 4.12. The molecule has 1 aliphatic heterocycles. The van der Waals surface area contributed by atoms with Crippen LogP contribution in [0.5, 0.6) is 11.5 Å². The summed E-state index contributed by atoms with van der Waals surface area (Å²) >= 11 is 6.38. The third kappa shape index (κ3) is 7.61. The van der Waals surface area contributed by atoms with Gasteiger partial charge in [-0.15, -0.1) is 0 Å². The van der Waals surface area contributed by atoms with Gasteiger partial charge in [0.05, 0.1) is 16.1 Å². The summed E-state index contributed by atoms with van der Waals surface area (Å²) in [5.74, 6) is 1.01. The lowest BCUT2D eigenvalue weighted by atomic mass is 10.1. The van der Waals surface area contributed by atoms with Gasteiger partial charge in [0.2, 0.25) is 5.91 Å². The highest BCUT2D eigenvalue weighted by Crippen LogP contribution is 2.36. The van der Waals surface area contributed by atoms with E-state index in [4.69, 9.17) is 21.4 Å². The first-order valence-electron chi connectivity index (χ1n) is 12.3. The molecule has 0 unspecified atom stereocenters. The van der Waals surface area contributed by atoms with Gasteiger partial charge in [-0.05, 0) is 68.2 Å². The maximum atomic E-state index is 13.0. The fraction of sp³-hybridized carbons (Fsp3) is 0.296. The maximum Gasteiger partial charge on any atom is 0.416 e. The third-order valence-electron chi connectivity index (χ3n) is 5.89. The van der Waals surface area contributed by atoms with Crippen LogP contribution < -0.4 is 20.7 Å². The number of rotatable bonds is 10. The van der Waals surface area contributed by atoms with Gasteiger partial charge in [-0.2, -0.15) is 13.2 Å². The second kappa shape index (κ2) is 12.8. The summed E-state index contributed by atoms with van der Waals surface area (Å²) in [6, 6.07) is 9.29. The molecule has 1 aromatic heterocycles. The number of nitrogens with one attached hydrogen (secondary N) is 3. The van der Waals surface area contributed by atoms with E-state index in [2.05, 4.69) is 25.9 Å². The molecule has 3 aromatic rings. The minimum absolute atomic E-state index is 0.00367. The average molecular weight is 562 g/mol. The summed E-state index contributed by atoms with van der Waals surface area (Å²) in [7, 11) is 0. The molecule has 12 heteroatoms. The van der Waals surface area contributed by atoms with Crippen LogP contribution in [0.15, 0.2) is 54.4 Å². The Balaban J connectivity index is 1.50. The molecule has 0 saturated carbocycles. The molecule has 0 bridgehead atoms. The number of halogens is 4. The Hall–Kier alpha value is -3.83. The summed E-state index contributed by atoms with van der Waals surface area (Å²) in [6.07, 6.45) is 1.44. The van der Waals surface area contributed by atoms with Crippen molar-refractivity contribution in [3.05, 3.63) is 70.5 Å². The number of hydrogen-bond acceptors (Lipinski definition) is 7. The molecule has 0 atom stereocenters. The Bertz CT molecular complexity index is 1350. The minimum atomic E-state index is -4.49. The lowest BCUT2D eigenvalue weighted by Crippen LogP contribution is -2.26. The van der Waals surface area contributed by atoms with E-state index in [-0.39, 0.29) is 29.0 Å². The minimum Gasteiger partial charge on any atom is -0.456 e. The molecule has 4 rings (SSSR count). The zero-order valence-electron chi connectivity index (χ0n) is 20.8. The molecule has 39 heavy (non-hydrogen) atoms. The van der Waals surface area contributed by atoms with Crippen LogP contribution in [0.2, 0.25) is 5.02 Å². The maximum absolute atomic E-state index is 13.0. The SMILES string of the molecule is O=C(NCCCCCO)C1=Cc2c(ncnc2Nc2ccc(Oc3cccc(C(F)(F)F)c3)c(Cl)c2)NCC1. The van der Waals surface area contributed by atoms with Crippen LogP contribution in [0, 0.1) is 0 Å². The van der Waals surface area contributed by atoms with E-state index < -0.39 is 11.7 Å². The number of unbranched alkanes of at least 4 members (excludes halogenated alkanes) is 2. The Morgan fingerprint density at radius 3 is 2.74 bits per heavy atom. The molecule has 1 amide bonds. The summed E-state index contributed by atoms with van der Waals surface area (Å²) in [5, 5.41) is 18.3. The number of nitrogens with zero attached hydrogens (tertiary/aromatic N) is 2. The molecule has 1 aliphatic rings. The fourth-order valence-electron chi connectivity index (χ4n) is 3.90. The van der Waals surface area contributed by atoms with Gasteiger partial charge >= 0.3 is 6.18 Å². The number of amides is 1. The zero-order chi connectivity index (χ0) is 27.8. The molecule has 206 valence electrons. The van der Waals surface area contributed by atoms with Crippen molar-refractivity contribution in [1.29, 1.82) is 0 Å². The molecule has 2 heterocycles. The van der Waals surface area contributed by atoms with Crippen LogP contribution in [0.3, 0.4) is 0 Å². The van der Waals surface area contributed by atoms with E-state index in [0.717, 1.165) is 25.0 Å². The van der Waals surface area contributed by atoms with Crippen molar-refractivity contribution >= 4 is 40.9 Å². The zero-order valence-corrected chi connectivity index (χ0v) is 21.6. The van der Waals surface area contributed by atoms with Crippen molar-refractivity contribution in [3.8, 4) is 11.5 Å². The quantitative estimate of drug-likeness (QED) is 0.219. The Labute approximate surface area is 228 Å². The molecule has 0 fully saturated rings. The highest BCUT2D eigenvalue weighted by atomic mass is 35.5. The second-order valence-corrected chi connectivity index (χ2v) is 9.18. The third-order valence-corrected chi connectivity index (χ3v) is 6.18. The van der Waals surface area contributed by atoms with Crippen LogP contribution in [0.25, 0.3) is 6.08 Å². The number of ether oxygens (including phenoxy) is 1.